The third-order valence-electron chi connectivity index (χ3n) is 6.79. The summed E-state index contributed by atoms with van der Waals surface area (Å²) in [5.74, 6) is 0.147. The van der Waals surface area contributed by atoms with Crippen LogP contribution in [0.3, 0.4) is 0 Å². The first-order chi connectivity index (χ1) is 18.0. The summed E-state index contributed by atoms with van der Waals surface area (Å²) < 4.78 is 41.1. The Morgan fingerprint density at radius 3 is 1.16 bits per heavy atom. The first-order valence-electron chi connectivity index (χ1n) is 16.1. The van der Waals surface area contributed by atoms with Gasteiger partial charge in [0.1, 0.15) is 0 Å². The van der Waals surface area contributed by atoms with Crippen LogP contribution in [0.5, 0.6) is 0 Å². The molecule has 0 fully saturated rings. The zero-order chi connectivity index (χ0) is 27.7. The molecule has 0 aromatic rings. The number of hydrogen-bond donors (Lipinski definition) is 1. The van der Waals surface area contributed by atoms with Gasteiger partial charge in [0.15, 0.2) is 0 Å². The highest BCUT2D eigenvalue weighted by Gasteiger charge is 2.10. The maximum absolute atomic E-state index is 12.0. The van der Waals surface area contributed by atoms with Crippen molar-refractivity contribution in [2.24, 2.45) is 0 Å². The number of halogens is 1. The van der Waals surface area contributed by atoms with Crippen molar-refractivity contribution in [2.45, 2.75) is 167 Å². The second-order valence-electron chi connectivity index (χ2n) is 10.8. The molecular weight excluding hydrogens is 485 g/mol. The molecule has 37 heavy (non-hydrogen) atoms. The van der Waals surface area contributed by atoms with E-state index in [-0.39, 0.29) is 12.4 Å². The summed E-state index contributed by atoms with van der Waals surface area (Å²) >= 11 is 0. The molecule has 0 rings (SSSR count). The maximum Gasteiger partial charge on any atom is 0.267 e. The van der Waals surface area contributed by atoms with Gasteiger partial charge in [-0.15, -0.1) is 0 Å². The highest BCUT2D eigenvalue weighted by molar-refractivity contribution is 7.86. The number of hydrogen-bond acceptors (Lipinski definition) is 4. The lowest BCUT2D eigenvalue weighted by atomic mass is 10.0. The molecule has 0 aliphatic heterocycles. The summed E-state index contributed by atoms with van der Waals surface area (Å²) in [6, 6.07) is 0. The Bertz CT molecular complexity index is 503. The summed E-state index contributed by atoms with van der Waals surface area (Å²) in [6.07, 6.45) is 30.2. The normalized spacial score (nSPS) is 11.5. The van der Waals surface area contributed by atoms with Gasteiger partial charge < -0.3 is 5.32 Å². The molecular formula is C31H66FNO3S. The van der Waals surface area contributed by atoms with Crippen LogP contribution in [0.4, 0.5) is 4.39 Å². The van der Waals surface area contributed by atoms with Crippen molar-refractivity contribution < 1.29 is 17.0 Å². The van der Waals surface area contributed by atoms with Crippen molar-refractivity contribution in [3.8, 4) is 0 Å². The van der Waals surface area contributed by atoms with Gasteiger partial charge in [0.2, 0.25) is 0 Å². The first kappa shape index (κ1) is 38.9. The minimum Gasteiger partial charge on any atom is -0.323 e. The van der Waals surface area contributed by atoms with Gasteiger partial charge in [-0.3, -0.25) is 8.57 Å². The fourth-order valence-electron chi connectivity index (χ4n) is 4.51. The zero-order valence-electron chi connectivity index (χ0n) is 25.3. The predicted octanol–water partition coefficient (Wildman–Crippen LogP) is 9.91. The molecule has 0 radical (unpaired) electrons. The standard InChI is InChI=1S/C29H59FO3S.C2H7N/c1-2-3-4-5-6-7-8-9-10-11-12-13-14-16-19-22-25-28-33-34(31,32)29-26-23-20-17-15-18-21-24-27-30;1-3-2/h2-29H2,1H3;3H,1-2H3. The van der Waals surface area contributed by atoms with Crippen LogP contribution < -0.4 is 5.32 Å². The minimum absolute atomic E-state index is 0.147. The lowest BCUT2D eigenvalue weighted by Gasteiger charge is -2.06. The van der Waals surface area contributed by atoms with Crippen LogP contribution in [0.1, 0.15) is 167 Å². The summed E-state index contributed by atoms with van der Waals surface area (Å²) in [5, 5.41) is 2.75. The average molecular weight is 552 g/mol. The SMILES string of the molecule is CCCCCCCCCCCCCCCCCCCOS(=O)(=O)CCCCCCCCCCF.CNC. The van der Waals surface area contributed by atoms with E-state index < -0.39 is 10.1 Å². The Morgan fingerprint density at radius 1 is 0.514 bits per heavy atom. The average Bonchev–Trinajstić information content (AvgIpc) is 2.87. The molecule has 4 nitrogen and oxygen atoms in total. The molecule has 0 spiro atoms. The van der Waals surface area contributed by atoms with E-state index in [9.17, 15) is 12.8 Å². The van der Waals surface area contributed by atoms with Crippen LogP contribution in [-0.2, 0) is 14.3 Å². The van der Waals surface area contributed by atoms with E-state index in [0.717, 1.165) is 51.4 Å². The number of unbranched alkanes of at least 4 members (excludes halogenated alkanes) is 23. The van der Waals surface area contributed by atoms with E-state index in [4.69, 9.17) is 4.18 Å². The van der Waals surface area contributed by atoms with Crippen LogP contribution in [0.2, 0.25) is 0 Å². The number of rotatable bonds is 29. The van der Waals surface area contributed by atoms with Crippen molar-refractivity contribution >= 4 is 10.1 Å². The minimum atomic E-state index is -3.35. The van der Waals surface area contributed by atoms with E-state index in [2.05, 4.69) is 12.2 Å². The lowest BCUT2D eigenvalue weighted by Crippen LogP contribution is -2.11. The Labute approximate surface area is 232 Å². The molecule has 0 aromatic heterocycles. The van der Waals surface area contributed by atoms with E-state index in [1.165, 1.54) is 96.3 Å². The molecule has 0 saturated carbocycles. The van der Waals surface area contributed by atoms with Gasteiger partial charge >= 0.3 is 0 Å². The molecule has 0 unspecified atom stereocenters. The fraction of sp³-hybridized carbons (Fsp3) is 1.00. The molecule has 6 heteroatoms. The Morgan fingerprint density at radius 2 is 0.811 bits per heavy atom. The number of alkyl halides is 1. The van der Waals surface area contributed by atoms with Gasteiger partial charge in [0.05, 0.1) is 19.0 Å². The van der Waals surface area contributed by atoms with Crippen LogP contribution >= 0.6 is 0 Å². The molecule has 0 aromatic carbocycles. The Hall–Kier alpha value is -0.200. The monoisotopic (exact) mass is 551 g/mol. The van der Waals surface area contributed by atoms with Crippen molar-refractivity contribution in [2.75, 3.05) is 33.1 Å². The molecule has 0 aliphatic carbocycles. The van der Waals surface area contributed by atoms with Gasteiger partial charge in [-0.2, -0.15) is 8.42 Å². The first-order valence-corrected chi connectivity index (χ1v) is 17.6. The van der Waals surface area contributed by atoms with E-state index >= 15 is 0 Å². The summed E-state index contributed by atoms with van der Waals surface area (Å²) in [4.78, 5) is 0. The highest BCUT2D eigenvalue weighted by atomic mass is 32.2. The topological polar surface area (TPSA) is 55.4 Å². The highest BCUT2D eigenvalue weighted by Crippen LogP contribution is 2.14. The van der Waals surface area contributed by atoms with Crippen LogP contribution in [0.25, 0.3) is 0 Å². The quantitative estimate of drug-likeness (QED) is 0.0742. The smallest absolute Gasteiger partial charge is 0.267 e. The van der Waals surface area contributed by atoms with Gasteiger partial charge in [0, 0.05) is 0 Å². The zero-order valence-corrected chi connectivity index (χ0v) is 26.1. The Balaban J connectivity index is 0. The van der Waals surface area contributed by atoms with Gasteiger partial charge in [0.25, 0.3) is 10.1 Å². The predicted molar refractivity (Wildman–Crippen MR) is 162 cm³/mol. The molecule has 0 bridgehead atoms. The van der Waals surface area contributed by atoms with E-state index in [1.807, 2.05) is 14.1 Å². The largest absolute Gasteiger partial charge is 0.323 e. The fourth-order valence-corrected chi connectivity index (χ4v) is 5.55. The maximum atomic E-state index is 12.0. The second kappa shape index (κ2) is 33.8. The molecule has 226 valence electrons. The van der Waals surface area contributed by atoms with Crippen molar-refractivity contribution in [1.82, 2.24) is 5.32 Å². The van der Waals surface area contributed by atoms with Crippen LogP contribution in [0, 0.1) is 0 Å². The Kier molecular flexibility index (Phi) is 35.6. The second-order valence-corrected chi connectivity index (χ2v) is 12.5. The molecule has 0 heterocycles. The van der Waals surface area contributed by atoms with Gasteiger partial charge in [-0.05, 0) is 33.4 Å². The van der Waals surface area contributed by atoms with Crippen molar-refractivity contribution in [3.63, 3.8) is 0 Å². The van der Waals surface area contributed by atoms with Crippen LogP contribution in [0.15, 0.2) is 0 Å². The third kappa shape index (κ3) is 38.0. The third-order valence-corrected chi connectivity index (χ3v) is 8.10. The summed E-state index contributed by atoms with van der Waals surface area (Å²) in [6.45, 7) is 2.41. The van der Waals surface area contributed by atoms with Gasteiger partial charge in [-0.25, -0.2) is 0 Å². The summed E-state index contributed by atoms with van der Waals surface area (Å²) in [7, 11) is 0.400. The van der Waals surface area contributed by atoms with Crippen molar-refractivity contribution in [3.05, 3.63) is 0 Å². The lowest BCUT2D eigenvalue weighted by molar-refractivity contribution is 0.305. The molecule has 0 saturated heterocycles. The molecule has 0 aliphatic rings. The van der Waals surface area contributed by atoms with Gasteiger partial charge in [-0.1, -0.05) is 148 Å². The molecule has 0 amide bonds. The number of nitrogens with one attached hydrogen (secondary N) is 1. The molecule has 0 atom stereocenters. The summed E-state index contributed by atoms with van der Waals surface area (Å²) in [5.41, 5.74) is 0. The van der Waals surface area contributed by atoms with E-state index in [1.54, 1.807) is 0 Å². The van der Waals surface area contributed by atoms with E-state index in [0.29, 0.717) is 19.4 Å². The van der Waals surface area contributed by atoms with Crippen molar-refractivity contribution in [1.29, 1.82) is 0 Å². The molecule has 1 N–H and O–H groups in total. The van der Waals surface area contributed by atoms with Crippen LogP contribution in [-0.4, -0.2) is 41.5 Å².